The number of esters is 1. The molecule has 0 aromatic carbocycles. The minimum Gasteiger partial charge on any atom is -0.468 e. The van der Waals surface area contributed by atoms with Crippen molar-refractivity contribution in [3.8, 4) is 0 Å². The Balaban J connectivity index is 2.16. The van der Waals surface area contributed by atoms with Gasteiger partial charge in [0.25, 0.3) is 0 Å². The van der Waals surface area contributed by atoms with Gasteiger partial charge >= 0.3 is 5.97 Å². The van der Waals surface area contributed by atoms with Gasteiger partial charge in [-0.15, -0.1) is 0 Å². The lowest BCUT2D eigenvalue weighted by molar-refractivity contribution is -0.157. The molecule has 98 valence electrons. The summed E-state index contributed by atoms with van der Waals surface area (Å²) in [6.07, 6.45) is 6.97. The summed E-state index contributed by atoms with van der Waals surface area (Å²) in [5, 5.41) is 3.56. The number of nitrogens with one attached hydrogen (secondary N) is 1. The van der Waals surface area contributed by atoms with E-state index in [-0.39, 0.29) is 11.4 Å². The van der Waals surface area contributed by atoms with Gasteiger partial charge in [0, 0.05) is 0 Å². The van der Waals surface area contributed by atoms with Crippen LogP contribution in [-0.4, -0.2) is 25.2 Å². The highest BCUT2D eigenvalue weighted by atomic mass is 16.5. The molecule has 0 aromatic rings. The molecule has 0 aliphatic heterocycles. The summed E-state index contributed by atoms with van der Waals surface area (Å²) in [5.41, 5.74) is -0.462. The first-order valence-corrected chi connectivity index (χ1v) is 6.85. The standard InChI is InChI=1S/C14H25NO2/c1-13(2)8-4-5-9-14(13,12(16)17-3)15-10-11-6-7-11/h11,15H,4-10H2,1-3H3. The zero-order chi connectivity index (χ0) is 12.5. The Morgan fingerprint density at radius 3 is 2.47 bits per heavy atom. The highest BCUT2D eigenvalue weighted by Crippen LogP contribution is 2.45. The Labute approximate surface area is 104 Å². The molecule has 0 saturated heterocycles. The maximum Gasteiger partial charge on any atom is 0.326 e. The molecule has 1 unspecified atom stereocenters. The van der Waals surface area contributed by atoms with Gasteiger partial charge in [0.2, 0.25) is 0 Å². The van der Waals surface area contributed by atoms with Crippen LogP contribution < -0.4 is 5.32 Å². The van der Waals surface area contributed by atoms with Crippen molar-refractivity contribution in [3.63, 3.8) is 0 Å². The molecule has 0 bridgehead atoms. The Morgan fingerprint density at radius 2 is 1.94 bits per heavy atom. The van der Waals surface area contributed by atoms with Crippen LogP contribution in [0.15, 0.2) is 0 Å². The summed E-state index contributed by atoms with van der Waals surface area (Å²) in [4.78, 5) is 12.3. The summed E-state index contributed by atoms with van der Waals surface area (Å²) < 4.78 is 5.08. The fourth-order valence-electron chi connectivity index (χ4n) is 3.10. The van der Waals surface area contributed by atoms with E-state index in [1.807, 2.05) is 0 Å². The van der Waals surface area contributed by atoms with E-state index in [2.05, 4.69) is 19.2 Å². The molecule has 0 radical (unpaired) electrons. The molecular formula is C14H25NO2. The monoisotopic (exact) mass is 239 g/mol. The van der Waals surface area contributed by atoms with E-state index in [4.69, 9.17) is 4.74 Å². The lowest BCUT2D eigenvalue weighted by Crippen LogP contribution is -2.63. The molecule has 2 saturated carbocycles. The Kier molecular flexibility index (Phi) is 3.48. The number of hydrogen-bond donors (Lipinski definition) is 1. The molecule has 0 aromatic heterocycles. The number of carbonyl (C=O) groups excluding carboxylic acids is 1. The molecule has 0 heterocycles. The molecule has 2 rings (SSSR count). The predicted molar refractivity (Wildman–Crippen MR) is 67.7 cm³/mol. The fraction of sp³-hybridized carbons (Fsp3) is 0.929. The van der Waals surface area contributed by atoms with E-state index >= 15 is 0 Å². The molecule has 3 nitrogen and oxygen atoms in total. The van der Waals surface area contributed by atoms with E-state index < -0.39 is 5.54 Å². The molecular weight excluding hydrogens is 214 g/mol. The number of methoxy groups -OCH3 is 1. The summed E-state index contributed by atoms with van der Waals surface area (Å²) >= 11 is 0. The van der Waals surface area contributed by atoms with Crippen LogP contribution in [0, 0.1) is 11.3 Å². The molecule has 2 fully saturated rings. The van der Waals surface area contributed by atoms with Crippen molar-refractivity contribution in [3.05, 3.63) is 0 Å². The number of hydrogen-bond acceptors (Lipinski definition) is 3. The first-order chi connectivity index (χ1) is 8.02. The van der Waals surface area contributed by atoms with Crippen molar-refractivity contribution in [2.45, 2.75) is 57.9 Å². The second-order valence-electron chi connectivity index (χ2n) is 6.31. The molecule has 2 aliphatic rings. The van der Waals surface area contributed by atoms with Crippen LogP contribution in [0.25, 0.3) is 0 Å². The third-order valence-electron chi connectivity index (χ3n) is 4.68. The fourth-order valence-corrected chi connectivity index (χ4v) is 3.10. The highest BCUT2D eigenvalue weighted by Gasteiger charge is 2.53. The van der Waals surface area contributed by atoms with Crippen LogP contribution >= 0.6 is 0 Å². The summed E-state index contributed by atoms with van der Waals surface area (Å²) in [6, 6.07) is 0. The van der Waals surface area contributed by atoms with E-state index in [1.165, 1.54) is 26.4 Å². The largest absolute Gasteiger partial charge is 0.468 e. The SMILES string of the molecule is COC(=O)C1(NCC2CC2)CCCCC1(C)C. The molecule has 1 N–H and O–H groups in total. The van der Waals surface area contributed by atoms with Gasteiger partial charge in [0.05, 0.1) is 7.11 Å². The maximum atomic E-state index is 12.3. The van der Waals surface area contributed by atoms with E-state index in [9.17, 15) is 4.79 Å². The average molecular weight is 239 g/mol. The van der Waals surface area contributed by atoms with Gasteiger partial charge in [0.1, 0.15) is 5.54 Å². The zero-order valence-electron chi connectivity index (χ0n) is 11.3. The maximum absolute atomic E-state index is 12.3. The molecule has 17 heavy (non-hydrogen) atoms. The minimum absolute atomic E-state index is 0.00671. The summed E-state index contributed by atoms with van der Waals surface area (Å²) in [7, 11) is 1.51. The second-order valence-corrected chi connectivity index (χ2v) is 6.31. The van der Waals surface area contributed by atoms with Gasteiger partial charge in [0.15, 0.2) is 0 Å². The predicted octanol–water partition coefficient (Wildman–Crippen LogP) is 2.50. The van der Waals surface area contributed by atoms with Crippen LogP contribution in [-0.2, 0) is 9.53 Å². The van der Waals surface area contributed by atoms with Crippen molar-refractivity contribution in [2.24, 2.45) is 11.3 Å². The van der Waals surface area contributed by atoms with Gasteiger partial charge in [-0.05, 0) is 43.6 Å². The van der Waals surface area contributed by atoms with Crippen LogP contribution in [0.2, 0.25) is 0 Å². The van der Waals surface area contributed by atoms with Crippen LogP contribution in [0.3, 0.4) is 0 Å². The Hall–Kier alpha value is -0.570. The van der Waals surface area contributed by atoms with Crippen molar-refractivity contribution >= 4 is 5.97 Å². The first kappa shape index (κ1) is 12.9. The molecule has 0 amide bonds. The van der Waals surface area contributed by atoms with Gasteiger partial charge < -0.3 is 10.1 Å². The Bertz CT molecular complexity index is 297. The molecule has 1 atom stereocenters. The molecule has 3 heteroatoms. The van der Waals surface area contributed by atoms with Gasteiger partial charge in [-0.1, -0.05) is 26.7 Å². The Morgan fingerprint density at radius 1 is 1.29 bits per heavy atom. The number of ether oxygens (including phenoxy) is 1. The van der Waals surface area contributed by atoms with Crippen molar-refractivity contribution < 1.29 is 9.53 Å². The quantitative estimate of drug-likeness (QED) is 0.766. The highest BCUT2D eigenvalue weighted by molar-refractivity contribution is 5.82. The third kappa shape index (κ3) is 2.35. The van der Waals surface area contributed by atoms with Crippen molar-refractivity contribution in [1.82, 2.24) is 5.32 Å². The van der Waals surface area contributed by atoms with Crippen LogP contribution in [0.1, 0.15) is 52.4 Å². The van der Waals surface area contributed by atoms with Crippen molar-refractivity contribution in [2.75, 3.05) is 13.7 Å². The lowest BCUT2D eigenvalue weighted by atomic mass is 9.63. The average Bonchev–Trinajstić information content (AvgIpc) is 3.10. The van der Waals surface area contributed by atoms with E-state index in [1.54, 1.807) is 0 Å². The van der Waals surface area contributed by atoms with Crippen LogP contribution in [0.5, 0.6) is 0 Å². The van der Waals surface area contributed by atoms with E-state index in [0.29, 0.717) is 0 Å². The first-order valence-electron chi connectivity index (χ1n) is 6.85. The number of rotatable bonds is 4. The summed E-state index contributed by atoms with van der Waals surface area (Å²) in [6.45, 7) is 5.37. The smallest absolute Gasteiger partial charge is 0.326 e. The zero-order valence-corrected chi connectivity index (χ0v) is 11.3. The summed E-state index contributed by atoms with van der Waals surface area (Å²) in [5.74, 6) is 0.720. The molecule has 0 spiro atoms. The minimum atomic E-state index is -0.456. The van der Waals surface area contributed by atoms with Gasteiger partial charge in [-0.25, -0.2) is 0 Å². The topological polar surface area (TPSA) is 38.3 Å². The van der Waals surface area contributed by atoms with Crippen LogP contribution in [0.4, 0.5) is 0 Å². The van der Waals surface area contributed by atoms with Gasteiger partial charge in [-0.2, -0.15) is 0 Å². The lowest BCUT2D eigenvalue weighted by Gasteiger charge is -2.48. The third-order valence-corrected chi connectivity index (χ3v) is 4.68. The molecule has 2 aliphatic carbocycles. The number of carbonyl (C=O) groups is 1. The van der Waals surface area contributed by atoms with Gasteiger partial charge in [-0.3, -0.25) is 4.79 Å². The normalized spacial score (nSPS) is 32.2. The van der Waals surface area contributed by atoms with Crippen molar-refractivity contribution in [1.29, 1.82) is 0 Å². The second kappa shape index (κ2) is 4.60. The van der Waals surface area contributed by atoms with E-state index in [0.717, 1.165) is 31.7 Å².